The second kappa shape index (κ2) is 5.03. The first-order chi connectivity index (χ1) is 7.57. The van der Waals surface area contributed by atoms with Gasteiger partial charge in [0, 0.05) is 5.56 Å². The van der Waals surface area contributed by atoms with Gasteiger partial charge in [-0.3, -0.25) is 4.79 Å². The summed E-state index contributed by atoms with van der Waals surface area (Å²) in [5.41, 5.74) is 0.523. The minimum absolute atomic E-state index is 0.344. The lowest BCUT2D eigenvalue weighted by Crippen LogP contribution is -2.23. The second-order valence-electron chi connectivity index (χ2n) is 3.78. The Labute approximate surface area is 95.8 Å². The molecule has 0 radical (unpaired) electrons. The Balaban J connectivity index is 3.03. The molecular weight excluding hydrogens is 202 g/mol. The third-order valence-corrected chi connectivity index (χ3v) is 2.98. The summed E-state index contributed by atoms with van der Waals surface area (Å²) in [6, 6.07) is 6.88. The average molecular weight is 219 g/mol. The predicted molar refractivity (Wildman–Crippen MR) is 64.8 cm³/mol. The lowest BCUT2D eigenvalue weighted by Gasteiger charge is -2.25. The van der Waals surface area contributed by atoms with Crippen molar-refractivity contribution in [3.8, 4) is 0 Å². The van der Waals surface area contributed by atoms with E-state index in [1.807, 2.05) is 13.8 Å². The maximum absolute atomic E-state index is 11.2. The summed E-state index contributed by atoms with van der Waals surface area (Å²) in [4.78, 5) is 14.6. The van der Waals surface area contributed by atoms with Crippen LogP contribution in [0.1, 0.15) is 42.6 Å². The molecule has 0 aliphatic heterocycles. The minimum Gasteiger partial charge on any atom is -0.385 e. The molecule has 0 saturated carbocycles. The molecule has 1 aromatic carbocycles. The van der Waals surface area contributed by atoms with E-state index >= 15 is 0 Å². The van der Waals surface area contributed by atoms with Crippen LogP contribution in [0.5, 0.6) is 0 Å². The van der Waals surface area contributed by atoms with E-state index in [0.717, 1.165) is 5.56 Å². The van der Waals surface area contributed by atoms with Gasteiger partial charge in [-0.25, -0.2) is 4.99 Å². The molecule has 0 fully saturated rings. The Morgan fingerprint density at radius 2 is 1.81 bits per heavy atom. The third kappa shape index (κ3) is 2.36. The number of amides is 1. The summed E-state index contributed by atoms with van der Waals surface area (Å²) in [6.45, 7) is 7.07. The van der Waals surface area contributed by atoms with Crippen molar-refractivity contribution in [1.82, 2.24) is 0 Å². The molecule has 0 heterocycles. The first-order valence-corrected chi connectivity index (χ1v) is 5.41. The van der Waals surface area contributed by atoms with Crippen molar-refractivity contribution in [2.24, 2.45) is 4.99 Å². The molecule has 16 heavy (non-hydrogen) atoms. The van der Waals surface area contributed by atoms with Crippen molar-refractivity contribution in [3.05, 3.63) is 35.4 Å². The van der Waals surface area contributed by atoms with E-state index in [4.69, 9.17) is 0 Å². The molecule has 86 valence electrons. The van der Waals surface area contributed by atoms with Gasteiger partial charge in [-0.2, -0.15) is 0 Å². The van der Waals surface area contributed by atoms with Crippen LogP contribution < -0.4 is 0 Å². The standard InChI is InChI=1S/C13H17NO2/c1-4-13(16,5-2)11-8-6-10(7-9-11)12(15)14-3/h6-9,16H,3-5H2,1-2H3. The quantitative estimate of drug-likeness (QED) is 0.791. The summed E-state index contributed by atoms with van der Waals surface area (Å²) in [5.74, 6) is -0.344. The molecule has 0 bridgehead atoms. The monoisotopic (exact) mass is 219 g/mol. The Hall–Kier alpha value is -1.48. The molecule has 1 amide bonds. The maximum Gasteiger partial charge on any atom is 0.276 e. The van der Waals surface area contributed by atoms with Crippen LogP contribution in [0.3, 0.4) is 0 Å². The number of hydrogen-bond acceptors (Lipinski definition) is 2. The normalized spacial score (nSPS) is 11.2. The molecule has 1 N–H and O–H groups in total. The second-order valence-corrected chi connectivity index (χ2v) is 3.78. The van der Waals surface area contributed by atoms with E-state index in [2.05, 4.69) is 11.7 Å². The van der Waals surface area contributed by atoms with Crippen molar-refractivity contribution >= 4 is 12.6 Å². The molecule has 0 unspecified atom stereocenters. The molecule has 0 spiro atoms. The zero-order valence-corrected chi connectivity index (χ0v) is 9.73. The first kappa shape index (κ1) is 12.6. The average Bonchev–Trinajstić information content (AvgIpc) is 2.37. The van der Waals surface area contributed by atoms with Crippen LogP contribution in [0.15, 0.2) is 29.3 Å². The lowest BCUT2D eigenvalue weighted by molar-refractivity contribution is 0.0283. The van der Waals surface area contributed by atoms with Crippen molar-refractivity contribution in [3.63, 3.8) is 0 Å². The summed E-state index contributed by atoms with van der Waals surface area (Å²) >= 11 is 0. The highest BCUT2D eigenvalue weighted by Crippen LogP contribution is 2.28. The number of nitrogens with zero attached hydrogens (tertiary/aromatic N) is 1. The van der Waals surface area contributed by atoms with Gasteiger partial charge in [-0.1, -0.05) is 26.0 Å². The largest absolute Gasteiger partial charge is 0.385 e. The third-order valence-electron chi connectivity index (χ3n) is 2.98. The number of aliphatic hydroxyl groups is 1. The van der Waals surface area contributed by atoms with Gasteiger partial charge in [0.15, 0.2) is 0 Å². The Kier molecular flexibility index (Phi) is 3.96. The van der Waals surface area contributed by atoms with Crippen LogP contribution in [0.2, 0.25) is 0 Å². The number of aliphatic imine (C=N–C) groups is 1. The molecule has 0 aliphatic rings. The number of carbonyl (C=O) groups is 1. The summed E-state index contributed by atoms with van der Waals surface area (Å²) in [7, 11) is 0. The molecule has 3 heteroatoms. The van der Waals surface area contributed by atoms with E-state index < -0.39 is 5.60 Å². The van der Waals surface area contributed by atoms with Crippen LogP contribution in [0.4, 0.5) is 0 Å². The Morgan fingerprint density at radius 3 is 2.19 bits per heavy atom. The van der Waals surface area contributed by atoms with Gasteiger partial charge in [0.2, 0.25) is 0 Å². The minimum atomic E-state index is -0.802. The SMILES string of the molecule is C=NC(=O)c1ccc(C(O)(CC)CC)cc1. The van der Waals surface area contributed by atoms with E-state index in [-0.39, 0.29) is 5.91 Å². The predicted octanol–water partition coefficient (Wildman–Crippen LogP) is 2.54. The van der Waals surface area contributed by atoms with Crippen LogP contribution in [-0.2, 0) is 5.60 Å². The Bertz CT molecular complexity index is 377. The smallest absolute Gasteiger partial charge is 0.276 e. The number of benzene rings is 1. The summed E-state index contributed by atoms with van der Waals surface area (Å²) < 4.78 is 0. The Morgan fingerprint density at radius 1 is 1.31 bits per heavy atom. The van der Waals surface area contributed by atoms with Crippen LogP contribution >= 0.6 is 0 Å². The zero-order valence-electron chi connectivity index (χ0n) is 9.73. The molecule has 1 rings (SSSR count). The van der Waals surface area contributed by atoms with Crippen molar-refractivity contribution in [2.45, 2.75) is 32.3 Å². The molecule has 0 aromatic heterocycles. The zero-order chi connectivity index (χ0) is 12.2. The highest BCUT2D eigenvalue weighted by molar-refractivity contribution is 5.96. The fraction of sp³-hybridized carbons (Fsp3) is 0.385. The van der Waals surface area contributed by atoms with E-state index in [9.17, 15) is 9.90 Å². The fourth-order valence-corrected chi connectivity index (χ4v) is 1.67. The molecule has 0 saturated heterocycles. The van der Waals surface area contributed by atoms with E-state index in [0.29, 0.717) is 18.4 Å². The summed E-state index contributed by atoms with van der Waals surface area (Å²) in [5, 5.41) is 10.3. The van der Waals surface area contributed by atoms with Crippen LogP contribution in [0.25, 0.3) is 0 Å². The maximum atomic E-state index is 11.2. The van der Waals surface area contributed by atoms with Gasteiger partial charge < -0.3 is 5.11 Å². The summed E-state index contributed by atoms with van der Waals surface area (Å²) in [6.07, 6.45) is 1.30. The number of hydrogen-bond donors (Lipinski definition) is 1. The number of carbonyl (C=O) groups excluding carboxylic acids is 1. The molecule has 0 atom stereocenters. The molecular formula is C13H17NO2. The van der Waals surface area contributed by atoms with Crippen molar-refractivity contribution < 1.29 is 9.90 Å². The first-order valence-electron chi connectivity index (χ1n) is 5.41. The lowest BCUT2D eigenvalue weighted by atomic mass is 9.88. The topological polar surface area (TPSA) is 49.7 Å². The van der Waals surface area contributed by atoms with E-state index in [1.54, 1.807) is 24.3 Å². The molecule has 0 aliphatic carbocycles. The van der Waals surface area contributed by atoms with Gasteiger partial charge in [0.05, 0.1) is 5.60 Å². The molecule has 3 nitrogen and oxygen atoms in total. The van der Waals surface area contributed by atoms with Crippen LogP contribution in [-0.4, -0.2) is 17.7 Å². The van der Waals surface area contributed by atoms with Crippen LogP contribution in [0, 0.1) is 0 Å². The van der Waals surface area contributed by atoms with Gasteiger partial charge in [0.1, 0.15) is 0 Å². The van der Waals surface area contributed by atoms with Crippen molar-refractivity contribution in [2.75, 3.05) is 0 Å². The fourth-order valence-electron chi connectivity index (χ4n) is 1.67. The highest BCUT2D eigenvalue weighted by atomic mass is 16.3. The van der Waals surface area contributed by atoms with Crippen molar-refractivity contribution in [1.29, 1.82) is 0 Å². The highest BCUT2D eigenvalue weighted by Gasteiger charge is 2.24. The molecule has 1 aromatic rings. The number of rotatable bonds is 4. The van der Waals surface area contributed by atoms with Gasteiger partial charge in [0.25, 0.3) is 5.91 Å². The van der Waals surface area contributed by atoms with E-state index in [1.165, 1.54) is 0 Å². The van der Waals surface area contributed by atoms with Gasteiger partial charge >= 0.3 is 0 Å². The van der Waals surface area contributed by atoms with Gasteiger partial charge in [-0.05, 0) is 37.3 Å². The van der Waals surface area contributed by atoms with Gasteiger partial charge in [-0.15, -0.1) is 0 Å².